The number of anilines is 1. The van der Waals surface area contributed by atoms with E-state index in [0.717, 1.165) is 17.5 Å². The lowest BCUT2D eigenvalue weighted by Gasteiger charge is -2.28. The SMILES string of the molecule is CC(=O)N1CCc2ccc(NS(=O)(=O)Cc3ccccc3)cc2C1. The Morgan fingerprint density at radius 1 is 1.12 bits per heavy atom. The maximum absolute atomic E-state index is 12.3. The fraction of sp³-hybridized carbons (Fsp3) is 0.278. The summed E-state index contributed by atoms with van der Waals surface area (Å²) in [5.74, 6) is -0.0273. The van der Waals surface area contributed by atoms with Gasteiger partial charge in [-0.1, -0.05) is 36.4 Å². The molecule has 0 unspecified atom stereocenters. The van der Waals surface area contributed by atoms with Crippen LogP contribution in [-0.2, 0) is 33.5 Å². The summed E-state index contributed by atoms with van der Waals surface area (Å²) in [6, 6.07) is 14.6. The molecule has 0 spiro atoms. The van der Waals surface area contributed by atoms with E-state index in [1.165, 1.54) is 5.56 Å². The summed E-state index contributed by atoms with van der Waals surface area (Å²) >= 11 is 0. The van der Waals surface area contributed by atoms with Gasteiger partial charge in [0, 0.05) is 25.7 Å². The average Bonchev–Trinajstić information content (AvgIpc) is 2.54. The molecule has 1 N–H and O–H groups in total. The minimum absolute atomic E-state index is 0.0377. The maximum atomic E-state index is 12.3. The predicted octanol–water partition coefficient (Wildman–Crippen LogP) is 2.53. The van der Waals surface area contributed by atoms with Crippen molar-refractivity contribution in [1.82, 2.24) is 4.90 Å². The molecule has 1 amide bonds. The summed E-state index contributed by atoms with van der Waals surface area (Å²) in [5, 5.41) is 0. The van der Waals surface area contributed by atoms with Crippen LogP contribution >= 0.6 is 0 Å². The summed E-state index contributed by atoms with van der Waals surface area (Å²) in [6.07, 6.45) is 0.798. The molecule has 1 aliphatic heterocycles. The number of nitrogens with one attached hydrogen (secondary N) is 1. The Morgan fingerprint density at radius 2 is 1.88 bits per heavy atom. The Labute approximate surface area is 142 Å². The van der Waals surface area contributed by atoms with Crippen LogP contribution in [0.5, 0.6) is 0 Å². The van der Waals surface area contributed by atoms with Crippen molar-refractivity contribution in [3.8, 4) is 0 Å². The Hall–Kier alpha value is -2.34. The Bertz CT molecular complexity index is 848. The Balaban J connectivity index is 1.76. The topological polar surface area (TPSA) is 66.5 Å². The van der Waals surface area contributed by atoms with Gasteiger partial charge < -0.3 is 4.90 Å². The Kier molecular flexibility index (Phi) is 4.57. The normalized spacial score (nSPS) is 14.1. The third-order valence-electron chi connectivity index (χ3n) is 4.14. The highest BCUT2D eigenvalue weighted by atomic mass is 32.2. The van der Waals surface area contributed by atoms with Gasteiger partial charge in [0.1, 0.15) is 0 Å². The van der Waals surface area contributed by atoms with Crippen molar-refractivity contribution in [2.75, 3.05) is 11.3 Å². The first-order chi connectivity index (χ1) is 11.4. The fourth-order valence-electron chi connectivity index (χ4n) is 2.90. The minimum atomic E-state index is -3.47. The zero-order valence-electron chi connectivity index (χ0n) is 13.5. The molecule has 2 aromatic carbocycles. The van der Waals surface area contributed by atoms with Crippen LogP contribution < -0.4 is 4.72 Å². The number of sulfonamides is 1. The molecule has 5 nitrogen and oxygen atoms in total. The molecule has 3 rings (SSSR count). The van der Waals surface area contributed by atoms with Crippen LogP contribution in [-0.4, -0.2) is 25.8 Å². The third kappa shape index (κ3) is 3.94. The summed E-state index contributed by atoms with van der Waals surface area (Å²) < 4.78 is 27.3. The highest BCUT2D eigenvalue weighted by Gasteiger charge is 2.19. The van der Waals surface area contributed by atoms with Crippen molar-refractivity contribution in [2.24, 2.45) is 0 Å². The number of hydrogen-bond donors (Lipinski definition) is 1. The third-order valence-corrected chi connectivity index (χ3v) is 5.40. The van der Waals surface area contributed by atoms with Gasteiger partial charge >= 0.3 is 0 Å². The van der Waals surface area contributed by atoms with E-state index in [9.17, 15) is 13.2 Å². The van der Waals surface area contributed by atoms with Gasteiger partial charge in [-0.3, -0.25) is 9.52 Å². The van der Waals surface area contributed by atoms with Crippen LogP contribution in [0.4, 0.5) is 5.69 Å². The van der Waals surface area contributed by atoms with Crippen molar-refractivity contribution in [3.63, 3.8) is 0 Å². The highest BCUT2D eigenvalue weighted by molar-refractivity contribution is 7.91. The zero-order valence-corrected chi connectivity index (χ0v) is 14.3. The molecular formula is C18H20N2O3S. The first kappa shape index (κ1) is 16.5. The fourth-order valence-corrected chi connectivity index (χ4v) is 4.09. The first-order valence-corrected chi connectivity index (χ1v) is 9.50. The number of carbonyl (C=O) groups is 1. The van der Waals surface area contributed by atoms with E-state index in [1.54, 1.807) is 30.0 Å². The number of benzene rings is 2. The number of fused-ring (bicyclic) bond motifs is 1. The molecule has 126 valence electrons. The molecule has 0 saturated heterocycles. The van der Waals surface area contributed by atoms with Crippen LogP contribution in [0.2, 0.25) is 0 Å². The van der Waals surface area contributed by atoms with E-state index >= 15 is 0 Å². The van der Waals surface area contributed by atoms with E-state index in [2.05, 4.69) is 4.72 Å². The largest absolute Gasteiger partial charge is 0.338 e. The second-order valence-electron chi connectivity index (χ2n) is 6.02. The number of hydrogen-bond acceptors (Lipinski definition) is 3. The number of nitrogens with zero attached hydrogens (tertiary/aromatic N) is 1. The highest BCUT2D eigenvalue weighted by Crippen LogP contribution is 2.23. The van der Waals surface area contributed by atoms with Gasteiger partial charge in [0.25, 0.3) is 0 Å². The maximum Gasteiger partial charge on any atom is 0.236 e. The lowest BCUT2D eigenvalue weighted by molar-refractivity contribution is -0.129. The first-order valence-electron chi connectivity index (χ1n) is 7.85. The van der Waals surface area contributed by atoms with Gasteiger partial charge in [-0.15, -0.1) is 0 Å². The van der Waals surface area contributed by atoms with E-state index in [1.807, 2.05) is 30.3 Å². The summed E-state index contributed by atoms with van der Waals surface area (Å²) in [5.41, 5.74) is 3.44. The predicted molar refractivity (Wildman–Crippen MR) is 93.9 cm³/mol. The minimum Gasteiger partial charge on any atom is -0.338 e. The lowest BCUT2D eigenvalue weighted by atomic mass is 9.99. The average molecular weight is 344 g/mol. The zero-order chi connectivity index (χ0) is 17.2. The smallest absolute Gasteiger partial charge is 0.236 e. The van der Waals surface area contributed by atoms with Crippen molar-refractivity contribution >= 4 is 21.6 Å². The van der Waals surface area contributed by atoms with Gasteiger partial charge in [0.2, 0.25) is 15.9 Å². The van der Waals surface area contributed by atoms with Crippen LogP contribution in [0.25, 0.3) is 0 Å². The van der Waals surface area contributed by atoms with E-state index < -0.39 is 10.0 Å². The van der Waals surface area contributed by atoms with Gasteiger partial charge in [-0.2, -0.15) is 0 Å². The molecule has 0 fully saturated rings. The molecule has 2 aromatic rings. The monoisotopic (exact) mass is 344 g/mol. The molecule has 24 heavy (non-hydrogen) atoms. The number of rotatable bonds is 4. The molecule has 0 radical (unpaired) electrons. The Morgan fingerprint density at radius 3 is 2.58 bits per heavy atom. The van der Waals surface area contributed by atoms with Crippen molar-refractivity contribution in [3.05, 3.63) is 65.2 Å². The molecule has 6 heteroatoms. The van der Waals surface area contributed by atoms with Crippen LogP contribution in [0.1, 0.15) is 23.6 Å². The quantitative estimate of drug-likeness (QED) is 0.927. The van der Waals surface area contributed by atoms with Gasteiger partial charge in [0.15, 0.2) is 0 Å². The van der Waals surface area contributed by atoms with E-state index in [4.69, 9.17) is 0 Å². The van der Waals surface area contributed by atoms with Crippen molar-refractivity contribution < 1.29 is 13.2 Å². The molecule has 0 aromatic heterocycles. The molecule has 1 heterocycles. The van der Waals surface area contributed by atoms with Gasteiger partial charge in [0.05, 0.1) is 5.75 Å². The molecule has 1 aliphatic rings. The summed E-state index contributed by atoms with van der Waals surface area (Å²) in [7, 11) is -3.47. The van der Waals surface area contributed by atoms with Gasteiger partial charge in [-0.25, -0.2) is 8.42 Å². The van der Waals surface area contributed by atoms with Crippen molar-refractivity contribution in [1.29, 1.82) is 0 Å². The van der Waals surface area contributed by atoms with Crippen LogP contribution in [0.15, 0.2) is 48.5 Å². The summed E-state index contributed by atoms with van der Waals surface area (Å²) in [4.78, 5) is 13.3. The van der Waals surface area contributed by atoms with E-state index in [-0.39, 0.29) is 11.7 Å². The molecular weight excluding hydrogens is 324 g/mol. The summed E-state index contributed by atoms with van der Waals surface area (Å²) in [6.45, 7) is 2.79. The molecule has 0 saturated carbocycles. The lowest BCUT2D eigenvalue weighted by Crippen LogP contribution is -2.34. The van der Waals surface area contributed by atoms with Crippen LogP contribution in [0.3, 0.4) is 0 Å². The molecule has 0 aliphatic carbocycles. The molecule has 0 atom stereocenters. The van der Waals surface area contributed by atoms with Crippen LogP contribution in [0, 0.1) is 0 Å². The van der Waals surface area contributed by atoms with Gasteiger partial charge in [-0.05, 0) is 35.2 Å². The van der Waals surface area contributed by atoms with E-state index in [0.29, 0.717) is 18.8 Å². The van der Waals surface area contributed by atoms with Crippen molar-refractivity contribution in [2.45, 2.75) is 25.6 Å². The number of amides is 1. The standard InChI is InChI=1S/C18H20N2O3S/c1-14(21)20-10-9-16-7-8-18(11-17(16)12-20)19-24(22,23)13-15-5-3-2-4-6-15/h2-8,11,19H,9-10,12-13H2,1H3. The second kappa shape index (κ2) is 6.65. The molecule has 0 bridgehead atoms. The second-order valence-corrected chi connectivity index (χ2v) is 7.74. The number of carbonyl (C=O) groups excluding carboxylic acids is 1.